The Balaban J connectivity index is 2.65. The molecular weight excluding hydrogens is 224 g/mol. The number of unbranched alkanes of at least 4 members (excludes halogenated alkanes) is 1. The fraction of sp³-hybridized carbons (Fsp3) is 0.455. The van der Waals surface area contributed by atoms with Crippen LogP contribution in [0.25, 0.3) is 0 Å². The normalized spacial score (nSPS) is 11.4. The first-order valence-electron chi connectivity index (χ1n) is 5.37. The number of anilines is 1. The quantitative estimate of drug-likeness (QED) is 0.797. The zero-order valence-corrected chi connectivity index (χ0v) is 10.3. The van der Waals surface area contributed by atoms with Gasteiger partial charge < -0.3 is 5.73 Å². The Kier molecular flexibility index (Phi) is 4.76. The third-order valence-corrected chi connectivity index (χ3v) is 3.60. The number of hydrogen-bond donors (Lipinski definition) is 2. The van der Waals surface area contributed by atoms with Crippen LogP contribution in [0.1, 0.15) is 25.3 Å². The van der Waals surface area contributed by atoms with Gasteiger partial charge in [-0.1, -0.05) is 25.5 Å². The van der Waals surface area contributed by atoms with E-state index < -0.39 is 10.0 Å². The lowest BCUT2D eigenvalue weighted by atomic mass is 10.2. The molecule has 1 aromatic carbocycles. The Morgan fingerprint density at radius 3 is 2.38 bits per heavy atom. The molecule has 0 aliphatic carbocycles. The minimum atomic E-state index is -3.20. The molecule has 0 bridgehead atoms. The van der Waals surface area contributed by atoms with Crippen molar-refractivity contribution in [3.05, 3.63) is 29.8 Å². The summed E-state index contributed by atoms with van der Waals surface area (Å²) in [5.41, 5.74) is 7.03. The van der Waals surface area contributed by atoms with E-state index in [0.717, 1.165) is 12.0 Å². The Labute approximate surface area is 96.9 Å². The molecule has 0 fully saturated rings. The molecule has 90 valence electrons. The van der Waals surface area contributed by atoms with E-state index in [-0.39, 0.29) is 5.75 Å². The molecule has 16 heavy (non-hydrogen) atoms. The van der Waals surface area contributed by atoms with E-state index >= 15 is 0 Å². The van der Waals surface area contributed by atoms with Crippen LogP contribution in [-0.4, -0.2) is 14.2 Å². The second-order valence-electron chi connectivity index (χ2n) is 3.68. The predicted octanol–water partition coefficient (Wildman–Crippen LogP) is 1.69. The van der Waals surface area contributed by atoms with Gasteiger partial charge in [0.15, 0.2) is 0 Å². The SMILES string of the molecule is CCCCS(=O)(=O)Nc1ccc(CN)cc1. The largest absolute Gasteiger partial charge is 0.326 e. The van der Waals surface area contributed by atoms with Crippen molar-refractivity contribution in [2.24, 2.45) is 5.73 Å². The summed E-state index contributed by atoms with van der Waals surface area (Å²) in [6.45, 7) is 2.43. The van der Waals surface area contributed by atoms with E-state index in [9.17, 15) is 8.42 Å². The maximum atomic E-state index is 11.6. The van der Waals surface area contributed by atoms with Gasteiger partial charge in [0.1, 0.15) is 0 Å². The van der Waals surface area contributed by atoms with Crippen molar-refractivity contribution in [3.63, 3.8) is 0 Å². The topological polar surface area (TPSA) is 72.2 Å². The Bertz CT molecular complexity index is 412. The van der Waals surface area contributed by atoms with Crippen molar-refractivity contribution in [1.29, 1.82) is 0 Å². The smallest absolute Gasteiger partial charge is 0.232 e. The highest BCUT2D eigenvalue weighted by Gasteiger charge is 2.08. The van der Waals surface area contributed by atoms with Crippen molar-refractivity contribution in [2.45, 2.75) is 26.3 Å². The Morgan fingerprint density at radius 1 is 1.25 bits per heavy atom. The van der Waals surface area contributed by atoms with Crippen LogP contribution < -0.4 is 10.5 Å². The first-order chi connectivity index (χ1) is 7.57. The third kappa shape index (κ3) is 4.20. The van der Waals surface area contributed by atoms with Gasteiger partial charge in [0.05, 0.1) is 5.75 Å². The summed E-state index contributed by atoms with van der Waals surface area (Å²) in [6, 6.07) is 7.09. The van der Waals surface area contributed by atoms with Crippen LogP contribution in [0.15, 0.2) is 24.3 Å². The number of rotatable bonds is 6. The molecule has 0 aliphatic rings. The zero-order chi connectivity index (χ0) is 12.0. The molecule has 0 atom stereocenters. The lowest BCUT2D eigenvalue weighted by Gasteiger charge is -2.07. The van der Waals surface area contributed by atoms with Crippen LogP contribution >= 0.6 is 0 Å². The predicted molar refractivity (Wildman–Crippen MR) is 66.7 cm³/mol. The summed E-state index contributed by atoms with van der Waals surface area (Å²) < 4.78 is 25.7. The average Bonchev–Trinajstić information content (AvgIpc) is 2.27. The molecule has 0 amide bonds. The lowest BCUT2D eigenvalue weighted by molar-refractivity contribution is 0.598. The minimum Gasteiger partial charge on any atom is -0.326 e. The second-order valence-corrected chi connectivity index (χ2v) is 5.52. The van der Waals surface area contributed by atoms with Crippen molar-refractivity contribution in [1.82, 2.24) is 0 Å². The molecule has 0 spiro atoms. The van der Waals surface area contributed by atoms with Crippen molar-refractivity contribution >= 4 is 15.7 Å². The number of hydrogen-bond acceptors (Lipinski definition) is 3. The first kappa shape index (κ1) is 13.0. The van der Waals surface area contributed by atoms with E-state index in [0.29, 0.717) is 18.7 Å². The van der Waals surface area contributed by atoms with Crippen LogP contribution in [0, 0.1) is 0 Å². The number of benzene rings is 1. The maximum Gasteiger partial charge on any atom is 0.232 e. The van der Waals surface area contributed by atoms with Gasteiger partial charge in [-0.25, -0.2) is 8.42 Å². The molecule has 0 aliphatic heterocycles. The molecule has 0 heterocycles. The zero-order valence-electron chi connectivity index (χ0n) is 9.44. The summed E-state index contributed by atoms with van der Waals surface area (Å²) >= 11 is 0. The standard InChI is InChI=1S/C11H18N2O2S/c1-2-3-8-16(14,15)13-11-6-4-10(9-12)5-7-11/h4-7,13H,2-3,8-9,12H2,1H3. The van der Waals surface area contributed by atoms with Gasteiger partial charge in [0.25, 0.3) is 0 Å². The lowest BCUT2D eigenvalue weighted by Crippen LogP contribution is -2.16. The third-order valence-electron chi connectivity index (χ3n) is 2.23. The molecule has 1 aromatic rings. The van der Waals surface area contributed by atoms with Crippen LogP contribution in [0.3, 0.4) is 0 Å². The Morgan fingerprint density at radius 2 is 1.88 bits per heavy atom. The highest BCUT2D eigenvalue weighted by molar-refractivity contribution is 7.92. The molecule has 0 radical (unpaired) electrons. The summed E-state index contributed by atoms with van der Waals surface area (Å²) in [4.78, 5) is 0. The minimum absolute atomic E-state index is 0.169. The fourth-order valence-electron chi connectivity index (χ4n) is 1.27. The summed E-state index contributed by atoms with van der Waals surface area (Å²) in [7, 11) is -3.20. The summed E-state index contributed by atoms with van der Waals surface area (Å²) in [5, 5.41) is 0. The molecule has 4 nitrogen and oxygen atoms in total. The van der Waals surface area contributed by atoms with Gasteiger partial charge >= 0.3 is 0 Å². The molecule has 5 heteroatoms. The van der Waals surface area contributed by atoms with Crippen molar-refractivity contribution in [3.8, 4) is 0 Å². The van der Waals surface area contributed by atoms with Gasteiger partial charge in [-0.05, 0) is 24.1 Å². The highest BCUT2D eigenvalue weighted by Crippen LogP contribution is 2.11. The van der Waals surface area contributed by atoms with E-state index in [1.165, 1.54) is 0 Å². The van der Waals surface area contributed by atoms with Crippen molar-refractivity contribution in [2.75, 3.05) is 10.5 Å². The van der Waals surface area contributed by atoms with Gasteiger partial charge in [-0.2, -0.15) is 0 Å². The molecule has 3 N–H and O–H groups in total. The van der Waals surface area contributed by atoms with Gasteiger partial charge in [-0.15, -0.1) is 0 Å². The number of nitrogens with one attached hydrogen (secondary N) is 1. The second kappa shape index (κ2) is 5.86. The first-order valence-corrected chi connectivity index (χ1v) is 7.02. The fourth-order valence-corrected chi connectivity index (χ4v) is 2.54. The maximum absolute atomic E-state index is 11.6. The summed E-state index contributed by atoms with van der Waals surface area (Å²) in [6.07, 6.45) is 1.54. The summed E-state index contributed by atoms with van der Waals surface area (Å²) in [5.74, 6) is 0.169. The average molecular weight is 242 g/mol. The van der Waals surface area contributed by atoms with Crippen LogP contribution in [-0.2, 0) is 16.6 Å². The monoisotopic (exact) mass is 242 g/mol. The molecule has 1 rings (SSSR count). The van der Waals surface area contributed by atoms with Gasteiger partial charge in [0, 0.05) is 12.2 Å². The molecule has 0 aromatic heterocycles. The van der Waals surface area contributed by atoms with E-state index in [1.807, 2.05) is 19.1 Å². The van der Waals surface area contributed by atoms with Crippen LogP contribution in [0.2, 0.25) is 0 Å². The molecular formula is C11H18N2O2S. The molecule has 0 saturated heterocycles. The number of sulfonamides is 1. The van der Waals surface area contributed by atoms with E-state index in [2.05, 4.69) is 4.72 Å². The van der Waals surface area contributed by atoms with Gasteiger partial charge in [0.2, 0.25) is 10.0 Å². The van der Waals surface area contributed by atoms with Crippen LogP contribution in [0.4, 0.5) is 5.69 Å². The van der Waals surface area contributed by atoms with E-state index in [4.69, 9.17) is 5.73 Å². The van der Waals surface area contributed by atoms with Crippen molar-refractivity contribution < 1.29 is 8.42 Å². The molecule has 0 saturated carbocycles. The highest BCUT2D eigenvalue weighted by atomic mass is 32.2. The Hall–Kier alpha value is -1.07. The van der Waals surface area contributed by atoms with Gasteiger partial charge in [-0.3, -0.25) is 4.72 Å². The van der Waals surface area contributed by atoms with Crippen LogP contribution in [0.5, 0.6) is 0 Å². The van der Waals surface area contributed by atoms with E-state index in [1.54, 1.807) is 12.1 Å². The number of nitrogens with two attached hydrogens (primary N) is 1. The molecule has 0 unspecified atom stereocenters.